The van der Waals surface area contributed by atoms with E-state index in [2.05, 4.69) is 53.2 Å². The molecule has 0 fully saturated rings. The van der Waals surface area contributed by atoms with E-state index in [1.54, 1.807) is 19.2 Å². The topological polar surface area (TPSA) is 70.7 Å². The standard InChI is InChI=1S/C18H20N4O/c1-10-7-14(17-15(8-10)11(2)12(3)21-17)9-20-18(23)16-5-6-19-13(4)22-16/h5-8,21H,9H2,1-4H3,(H,20,23). The van der Waals surface area contributed by atoms with E-state index in [4.69, 9.17) is 0 Å². The van der Waals surface area contributed by atoms with Gasteiger partial charge in [0.25, 0.3) is 5.91 Å². The summed E-state index contributed by atoms with van der Waals surface area (Å²) in [6.07, 6.45) is 1.60. The molecule has 0 aliphatic heterocycles. The van der Waals surface area contributed by atoms with Crippen LogP contribution >= 0.6 is 0 Å². The van der Waals surface area contributed by atoms with E-state index in [-0.39, 0.29) is 5.91 Å². The summed E-state index contributed by atoms with van der Waals surface area (Å²) in [4.78, 5) is 23.8. The molecule has 5 heteroatoms. The molecule has 0 saturated heterocycles. The van der Waals surface area contributed by atoms with E-state index >= 15 is 0 Å². The number of hydrogen-bond acceptors (Lipinski definition) is 3. The van der Waals surface area contributed by atoms with E-state index in [0.717, 1.165) is 16.8 Å². The van der Waals surface area contributed by atoms with Crippen molar-refractivity contribution >= 4 is 16.8 Å². The van der Waals surface area contributed by atoms with Crippen molar-refractivity contribution < 1.29 is 4.79 Å². The van der Waals surface area contributed by atoms with Gasteiger partial charge in [0.2, 0.25) is 0 Å². The van der Waals surface area contributed by atoms with Gasteiger partial charge < -0.3 is 10.3 Å². The van der Waals surface area contributed by atoms with Crippen LogP contribution in [0.3, 0.4) is 0 Å². The summed E-state index contributed by atoms with van der Waals surface area (Å²) < 4.78 is 0. The highest BCUT2D eigenvalue weighted by molar-refractivity contribution is 5.93. The van der Waals surface area contributed by atoms with Crippen LogP contribution in [0, 0.1) is 27.7 Å². The molecule has 0 aliphatic rings. The first-order valence-corrected chi connectivity index (χ1v) is 7.62. The maximum Gasteiger partial charge on any atom is 0.270 e. The molecule has 0 spiro atoms. The summed E-state index contributed by atoms with van der Waals surface area (Å²) in [5.41, 5.74) is 6.15. The van der Waals surface area contributed by atoms with Gasteiger partial charge in [-0.15, -0.1) is 0 Å². The van der Waals surface area contributed by atoms with Gasteiger partial charge in [0.05, 0.1) is 5.52 Å². The van der Waals surface area contributed by atoms with E-state index in [1.807, 2.05) is 0 Å². The lowest BCUT2D eigenvalue weighted by atomic mass is 10.0. The first-order chi connectivity index (χ1) is 11.0. The molecule has 0 atom stereocenters. The number of aromatic amines is 1. The van der Waals surface area contributed by atoms with Crippen LogP contribution in [0.15, 0.2) is 24.4 Å². The molecule has 1 aromatic carbocycles. The summed E-state index contributed by atoms with van der Waals surface area (Å²) in [5.74, 6) is 0.399. The van der Waals surface area contributed by atoms with Gasteiger partial charge in [-0.25, -0.2) is 9.97 Å². The quantitative estimate of drug-likeness (QED) is 0.781. The van der Waals surface area contributed by atoms with Crippen molar-refractivity contribution in [1.29, 1.82) is 0 Å². The molecule has 23 heavy (non-hydrogen) atoms. The zero-order valence-electron chi connectivity index (χ0n) is 13.8. The Morgan fingerprint density at radius 1 is 1.22 bits per heavy atom. The highest BCUT2D eigenvalue weighted by Gasteiger charge is 2.12. The van der Waals surface area contributed by atoms with Crippen LogP contribution in [0.4, 0.5) is 0 Å². The van der Waals surface area contributed by atoms with Crippen molar-refractivity contribution in [1.82, 2.24) is 20.3 Å². The van der Waals surface area contributed by atoms with Gasteiger partial charge in [-0.3, -0.25) is 4.79 Å². The van der Waals surface area contributed by atoms with Gasteiger partial charge in [0.1, 0.15) is 11.5 Å². The predicted octanol–water partition coefficient (Wildman–Crippen LogP) is 3.12. The summed E-state index contributed by atoms with van der Waals surface area (Å²) in [7, 11) is 0. The number of amides is 1. The summed E-state index contributed by atoms with van der Waals surface area (Å²) in [5, 5.41) is 4.15. The second kappa shape index (κ2) is 5.83. The Bertz CT molecular complexity index is 895. The van der Waals surface area contributed by atoms with Crippen molar-refractivity contribution in [2.45, 2.75) is 34.2 Å². The van der Waals surface area contributed by atoms with Gasteiger partial charge in [0, 0.05) is 23.8 Å². The number of nitrogens with zero attached hydrogens (tertiary/aromatic N) is 2. The molecule has 2 heterocycles. The Balaban J connectivity index is 1.87. The molecule has 0 bridgehead atoms. The minimum atomic E-state index is -0.190. The molecule has 0 saturated carbocycles. The average Bonchev–Trinajstić information content (AvgIpc) is 2.80. The number of fused-ring (bicyclic) bond motifs is 1. The second-order valence-electron chi connectivity index (χ2n) is 5.89. The van der Waals surface area contributed by atoms with E-state index in [9.17, 15) is 4.79 Å². The van der Waals surface area contributed by atoms with Crippen molar-refractivity contribution in [3.63, 3.8) is 0 Å². The van der Waals surface area contributed by atoms with E-state index in [0.29, 0.717) is 18.1 Å². The number of nitrogens with one attached hydrogen (secondary N) is 2. The van der Waals surface area contributed by atoms with Gasteiger partial charge in [-0.2, -0.15) is 0 Å². The third-order valence-electron chi connectivity index (χ3n) is 4.09. The first-order valence-electron chi connectivity index (χ1n) is 7.62. The van der Waals surface area contributed by atoms with Crippen LogP contribution in [-0.2, 0) is 6.54 Å². The Kier molecular flexibility index (Phi) is 3.86. The normalized spacial score (nSPS) is 11.0. The first kappa shape index (κ1) is 15.2. The average molecular weight is 308 g/mol. The van der Waals surface area contributed by atoms with Crippen molar-refractivity contribution in [3.05, 3.63) is 58.3 Å². The monoisotopic (exact) mass is 308 g/mol. The van der Waals surface area contributed by atoms with Crippen molar-refractivity contribution in [2.75, 3.05) is 0 Å². The minimum Gasteiger partial charge on any atom is -0.358 e. The highest BCUT2D eigenvalue weighted by Crippen LogP contribution is 2.26. The summed E-state index contributed by atoms with van der Waals surface area (Å²) in [6.45, 7) is 8.47. The Hall–Kier alpha value is -2.69. The number of carbonyl (C=O) groups is 1. The van der Waals surface area contributed by atoms with Crippen LogP contribution in [0.1, 0.15) is 38.7 Å². The fourth-order valence-corrected chi connectivity index (χ4v) is 2.78. The third-order valence-corrected chi connectivity index (χ3v) is 4.09. The fourth-order valence-electron chi connectivity index (χ4n) is 2.78. The van der Waals surface area contributed by atoms with Crippen molar-refractivity contribution in [3.8, 4) is 0 Å². The van der Waals surface area contributed by atoms with E-state index in [1.165, 1.54) is 16.5 Å². The van der Waals surface area contributed by atoms with Crippen LogP contribution in [0.2, 0.25) is 0 Å². The molecular formula is C18H20N4O. The maximum atomic E-state index is 12.3. The lowest BCUT2D eigenvalue weighted by Gasteiger charge is -2.08. The Labute approximate surface area is 135 Å². The molecule has 3 rings (SSSR count). The minimum absolute atomic E-state index is 0.190. The number of benzene rings is 1. The lowest BCUT2D eigenvalue weighted by molar-refractivity contribution is 0.0945. The van der Waals surface area contributed by atoms with Crippen LogP contribution < -0.4 is 5.32 Å². The maximum absolute atomic E-state index is 12.3. The molecule has 0 radical (unpaired) electrons. The molecule has 1 amide bonds. The van der Waals surface area contributed by atoms with E-state index < -0.39 is 0 Å². The number of hydrogen-bond donors (Lipinski definition) is 2. The summed E-state index contributed by atoms with van der Waals surface area (Å²) >= 11 is 0. The van der Waals surface area contributed by atoms with Crippen molar-refractivity contribution in [2.24, 2.45) is 0 Å². The Morgan fingerprint density at radius 3 is 2.74 bits per heavy atom. The third kappa shape index (κ3) is 2.95. The molecule has 5 nitrogen and oxygen atoms in total. The largest absolute Gasteiger partial charge is 0.358 e. The molecule has 0 unspecified atom stereocenters. The second-order valence-corrected chi connectivity index (χ2v) is 5.89. The molecule has 2 N–H and O–H groups in total. The van der Waals surface area contributed by atoms with Crippen LogP contribution in [-0.4, -0.2) is 20.9 Å². The highest BCUT2D eigenvalue weighted by atomic mass is 16.1. The van der Waals surface area contributed by atoms with Crippen LogP contribution in [0.25, 0.3) is 10.9 Å². The zero-order valence-corrected chi connectivity index (χ0v) is 13.8. The number of H-pyrrole nitrogens is 1. The number of rotatable bonds is 3. The Morgan fingerprint density at radius 2 is 2.00 bits per heavy atom. The van der Waals surface area contributed by atoms with Gasteiger partial charge in [0.15, 0.2) is 0 Å². The van der Waals surface area contributed by atoms with Gasteiger partial charge >= 0.3 is 0 Å². The zero-order chi connectivity index (χ0) is 16.6. The summed E-state index contributed by atoms with van der Waals surface area (Å²) in [6, 6.07) is 5.90. The number of aryl methyl sites for hydroxylation is 4. The number of carbonyl (C=O) groups excluding carboxylic acids is 1. The fraction of sp³-hybridized carbons (Fsp3) is 0.278. The molecular weight excluding hydrogens is 288 g/mol. The molecule has 2 aromatic heterocycles. The smallest absolute Gasteiger partial charge is 0.270 e. The van der Waals surface area contributed by atoms with Crippen LogP contribution in [0.5, 0.6) is 0 Å². The number of aromatic nitrogens is 3. The molecule has 118 valence electrons. The van der Waals surface area contributed by atoms with Gasteiger partial charge in [-0.05, 0) is 51.0 Å². The predicted molar refractivity (Wildman–Crippen MR) is 90.4 cm³/mol. The molecule has 0 aliphatic carbocycles. The molecule has 3 aromatic rings. The lowest BCUT2D eigenvalue weighted by Crippen LogP contribution is -2.24. The SMILES string of the molecule is Cc1cc(CNC(=O)c2ccnc(C)n2)c2[nH]c(C)c(C)c2c1. The van der Waals surface area contributed by atoms with Gasteiger partial charge in [-0.1, -0.05) is 11.6 Å².